The fourth-order valence-electron chi connectivity index (χ4n) is 5.36. The van der Waals surface area contributed by atoms with Crippen LogP contribution >= 0.6 is 0 Å². The van der Waals surface area contributed by atoms with Crippen molar-refractivity contribution in [2.75, 3.05) is 32.0 Å². The summed E-state index contributed by atoms with van der Waals surface area (Å²) in [5, 5.41) is 6.65. The van der Waals surface area contributed by atoms with Crippen LogP contribution in [0.4, 0.5) is 11.4 Å². The number of ether oxygens (including phenoxy) is 3. The molecule has 0 bridgehead atoms. The van der Waals surface area contributed by atoms with Crippen molar-refractivity contribution < 1.29 is 41.9 Å². The molecule has 0 radical (unpaired) electrons. The van der Waals surface area contributed by atoms with Crippen molar-refractivity contribution >= 4 is 35.9 Å². The zero-order chi connectivity index (χ0) is 38.3. The number of furan rings is 2. The first-order valence-corrected chi connectivity index (χ1v) is 17.1. The number of methoxy groups -OCH3 is 3. The standard InChI is InChI=1S/C20H26BNO5.C20H20N2O4/c1-13-14(11-17(25-13)18(23)24-6)12-22-16-9-7-15(8-10-16)21-26-19(2,3)20(4,5)27-21;1-13-15(10-19(26-13)20(23)25-3)11-21-16-6-4-14(5-7-16)18-9-8-17(24-2)12-22-18/h7-11,22H,12H2,1-6H3;4-10,12,21H,11H2,1-3H3. The molecule has 0 aliphatic carbocycles. The number of esters is 2. The molecule has 4 heterocycles. The highest BCUT2D eigenvalue weighted by Crippen LogP contribution is 2.36. The summed E-state index contributed by atoms with van der Waals surface area (Å²) in [6.07, 6.45) is 1.70. The lowest BCUT2D eigenvalue weighted by molar-refractivity contribution is 0.00578. The summed E-state index contributed by atoms with van der Waals surface area (Å²) in [5.74, 6) is 1.58. The van der Waals surface area contributed by atoms with Gasteiger partial charge in [-0.15, -0.1) is 0 Å². The summed E-state index contributed by atoms with van der Waals surface area (Å²) in [7, 11) is 3.91. The Hall–Kier alpha value is -5.53. The van der Waals surface area contributed by atoms with Gasteiger partial charge in [-0.3, -0.25) is 4.98 Å². The number of carbonyl (C=O) groups is 2. The van der Waals surface area contributed by atoms with Gasteiger partial charge >= 0.3 is 19.1 Å². The van der Waals surface area contributed by atoms with Crippen molar-refractivity contribution in [2.24, 2.45) is 0 Å². The van der Waals surface area contributed by atoms with Crippen LogP contribution in [0.5, 0.6) is 5.75 Å². The van der Waals surface area contributed by atoms with E-state index in [1.165, 1.54) is 14.2 Å². The molecule has 0 saturated carbocycles. The third-order valence-corrected chi connectivity index (χ3v) is 9.37. The fraction of sp³-hybridized carbons (Fsp3) is 0.325. The minimum atomic E-state index is -0.476. The van der Waals surface area contributed by atoms with Crippen LogP contribution in [0, 0.1) is 13.8 Å². The molecule has 13 heteroatoms. The summed E-state index contributed by atoms with van der Waals surface area (Å²) in [6.45, 7) is 12.9. The average Bonchev–Trinajstić information content (AvgIpc) is 3.80. The third-order valence-electron chi connectivity index (χ3n) is 9.37. The Bertz CT molecular complexity index is 1980. The van der Waals surface area contributed by atoms with Crippen LogP contribution in [0.15, 0.2) is 87.8 Å². The zero-order valence-corrected chi connectivity index (χ0v) is 31.6. The molecule has 0 spiro atoms. The molecule has 0 unspecified atom stereocenters. The number of aryl methyl sites for hydroxylation is 2. The minimum Gasteiger partial charge on any atom is -0.495 e. The number of aromatic nitrogens is 1. The number of nitrogens with one attached hydrogen (secondary N) is 2. The Kier molecular flexibility index (Phi) is 12.0. The number of carbonyl (C=O) groups excluding carboxylic acids is 2. The van der Waals surface area contributed by atoms with E-state index in [2.05, 4.69) is 25.1 Å². The molecular formula is C40H46BN3O9. The van der Waals surface area contributed by atoms with E-state index in [1.807, 2.05) is 102 Å². The number of hydrogen-bond acceptors (Lipinski definition) is 12. The van der Waals surface area contributed by atoms with Gasteiger partial charge < -0.3 is 43.0 Å². The number of anilines is 2. The van der Waals surface area contributed by atoms with Crippen LogP contribution in [0.1, 0.15) is 71.5 Å². The number of hydrogen-bond donors (Lipinski definition) is 2. The van der Waals surface area contributed by atoms with E-state index < -0.39 is 11.9 Å². The highest BCUT2D eigenvalue weighted by Gasteiger charge is 2.51. The molecule has 2 N–H and O–H groups in total. The molecule has 1 aliphatic heterocycles. The lowest BCUT2D eigenvalue weighted by Crippen LogP contribution is -2.41. The second-order valence-corrected chi connectivity index (χ2v) is 13.4. The summed E-state index contributed by atoms with van der Waals surface area (Å²) in [6, 6.07) is 23.1. The molecule has 2 aromatic carbocycles. The maximum Gasteiger partial charge on any atom is 0.494 e. The van der Waals surface area contributed by atoms with Crippen LogP contribution in [0.25, 0.3) is 11.3 Å². The van der Waals surface area contributed by atoms with Crippen molar-refractivity contribution in [3.8, 4) is 17.0 Å². The Balaban J connectivity index is 0.000000204. The second kappa shape index (κ2) is 16.4. The molecule has 12 nitrogen and oxygen atoms in total. The van der Waals surface area contributed by atoms with Gasteiger partial charge in [-0.1, -0.05) is 24.3 Å². The fourth-order valence-corrected chi connectivity index (χ4v) is 5.36. The van der Waals surface area contributed by atoms with Gasteiger partial charge in [-0.05, 0) is 95.5 Å². The third kappa shape index (κ3) is 9.29. The lowest BCUT2D eigenvalue weighted by atomic mass is 9.79. The Morgan fingerprint density at radius 1 is 0.698 bits per heavy atom. The normalized spacial score (nSPS) is 14.2. The molecule has 5 aromatic rings. The predicted octanol–water partition coefficient (Wildman–Crippen LogP) is 7.34. The first-order valence-electron chi connectivity index (χ1n) is 17.1. The van der Waals surface area contributed by atoms with Gasteiger partial charge in [-0.2, -0.15) is 0 Å². The first-order chi connectivity index (χ1) is 25.2. The topological polar surface area (TPSA) is 144 Å². The molecule has 0 atom stereocenters. The molecule has 278 valence electrons. The zero-order valence-electron chi connectivity index (χ0n) is 31.6. The van der Waals surface area contributed by atoms with Gasteiger partial charge in [0.2, 0.25) is 11.5 Å². The molecule has 6 rings (SSSR count). The molecule has 53 heavy (non-hydrogen) atoms. The maximum absolute atomic E-state index is 11.5. The van der Waals surface area contributed by atoms with Crippen LogP contribution < -0.4 is 20.8 Å². The van der Waals surface area contributed by atoms with Crippen LogP contribution in [-0.4, -0.2) is 56.6 Å². The quantitative estimate of drug-likeness (QED) is 0.104. The summed E-state index contributed by atoms with van der Waals surface area (Å²) >= 11 is 0. The van der Waals surface area contributed by atoms with E-state index >= 15 is 0 Å². The van der Waals surface area contributed by atoms with Crippen molar-refractivity contribution in [2.45, 2.75) is 65.8 Å². The monoisotopic (exact) mass is 723 g/mol. The van der Waals surface area contributed by atoms with Crippen molar-refractivity contribution in [3.63, 3.8) is 0 Å². The Morgan fingerprint density at radius 2 is 1.17 bits per heavy atom. The minimum absolute atomic E-state index is 0.211. The second-order valence-electron chi connectivity index (χ2n) is 13.4. The van der Waals surface area contributed by atoms with E-state index in [1.54, 1.807) is 25.4 Å². The molecule has 0 amide bonds. The maximum atomic E-state index is 11.5. The van der Waals surface area contributed by atoms with Gasteiger partial charge in [0.25, 0.3) is 0 Å². The van der Waals surface area contributed by atoms with Gasteiger partial charge in [0.05, 0.1) is 44.4 Å². The van der Waals surface area contributed by atoms with E-state index in [0.717, 1.165) is 45.0 Å². The summed E-state index contributed by atoms with van der Waals surface area (Å²) in [5.41, 5.74) is 5.90. The average molecular weight is 724 g/mol. The predicted molar refractivity (Wildman–Crippen MR) is 203 cm³/mol. The van der Waals surface area contributed by atoms with Crippen LogP contribution in [0.3, 0.4) is 0 Å². The van der Waals surface area contributed by atoms with Crippen LogP contribution in [0.2, 0.25) is 0 Å². The SMILES string of the molecule is COC(=O)c1cc(CNc2ccc(-c3ccc(OC)cn3)cc2)c(C)o1.COC(=O)c1cc(CNc2ccc(B3OC(C)(C)C(C)(C)O3)cc2)c(C)o1. The van der Waals surface area contributed by atoms with Crippen molar-refractivity contribution in [3.05, 3.63) is 113 Å². The van der Waals surface area contributed by atoms with E-state index in [0.29, 0.717) is 24.6 Å². The number of nitrogens with zero attached hydrogens (tertiary/aromatic N) is 1. The molecule has 1 fully saturated rings. The Morgan fingerprint density at radius 3 is 1.58 bits per heavy atom. The largest absolute Gasteiger partial charge is 0.495 e. The lowest BCUT2D eigenvalue weighted by Gasteiger charge is -2.32. The highest BCUT2D eigenvalue weighted by atomic mass is 16.7. The Labute approximate surface area is 310 Å². The van der Waals surface area contributed by atoms with Crippen molar-refractivity contribution in [1.29, 1.82) is 0 Å². The summed E-state index contributed by atoms with van der Waals surface area (Å²) < 4.78 is 37.5. The molecule has 1 saturated heterocycles. The van der Waals surface area contributed by atoms with Gasteiger partial charge in [0.15, 0.2) is 0 Å². The highest BCUT2D eigenvalue weighted by molar-refractivity contribution is 6.62. The van der Waals surface area contributed by atoms with Gasteiger partial charge in [-0.25, -0.2) is 9.59 Å². The smallest absolute Gasteiger partial charge is 0.494 e. The molecule has 1 aliphatic rings. The molecular weight excluding hydrogens is 677 g/mol. The first kappa shape index (κ1) is 38.7. The van der Waals surface area contributed by atoms with Crippen LogP contribution in [-0.2, 0) is 31.9 Å². The summed E-state index contributed by atoms with van der Waals surface area (Å²) in [4.78, 5) is 27.4. The van der Waals surface area contributed by atoms with Gasteiger partial charge in [0.1, 0.15) is 17.3 Å². The number of pyridine rings is 1. The van der Waals surface area contributed by atoms with E-state index in [-0.39, 0.29) is 29.8 Å². The van der Waals surface area contributed by atoms with E-state index in [9.17, 15) is 9.59 Å². The molecule has 3 aromatic heterocycles. The van der Waals surface area contributed by atoms with Crippen molar-refractivity contribution in [1.82, 2.24) is 4.98 Å². The van der Waals surface area contributed by atoms with Gasteiger partial charge in [0, 0.05) is 41.2 Å². The number of rotatable bonds is 11. The van der Waals surface area contributed by atoms with E-state index in [4.69, 9.17) is 22.9 Å². The number of benzene rings is 2.